The molecule has 0 saturated carbocycles. The van der Waals surface area contributed by atoms with Gasteiger partial charge in [-0.15, -0.1) is 11.8 Å². The number of benzene rings is 1. The number of hydrogen-bond acceptors (Lipinski definition) is 3. The number of hydrogen-bond donors (Lipinski definition) is 2. The molecule has 1 atom stereocenters. The Hall–Kier alpha value is -0.510. The van der Waals surface area contributed by atoms with Crippen molar-refractivity contribution in [1.82, 2.24) is 5.32 Å². The third-order valence-electron chi connectivity index (χ3n) is 2.80. The van der Waals surface area contributed by atoms with Crippen molar-refractivity contribution < 1.29 is 5.11 Å². The third kappa shape index (κ3) is 4.56. The zero-order valence-electron chi connectivity index (χ0n) is 10.1. The maximum Gasteiger partial charge on any atom is 0.0610 e. The van der Waals surface area contributed by atoms with Crippen LogP contribution in [0.2, 0.25) is 0 Å². The molecule has 2 nitrogen and oxygen atoms in total. The van der Waals surface area contributed by atoms with Crippen molar-refractivity contribution in [2.75, 3.05) is 18.9 Å². The van der Waals surface area contributed by atoms with Crippen LogP contribution in [0, 0.1) is 0 Å². The first kappa shape index (κ1) is 13.6. The summed E-state index contributed by atoms with van der Waals surface area (Å²) < 4.78 is 0. The van der Waals surface area contributed by atoms with Gasteiger partial charge < -0.3 is 10.4 Å². The molecular formula is C13H21NOS. The second kappa shape index (κ2) is 6.94. The zero-order valence-corrected chi connectivity index (χ0v) is 10.9. The number of nitrogens with one attached hydrogen (secondary N) is 1. The van der Waals surface area contributed by atoms with Crippen LogP contribution in [0.5, 0.6) is 0 Å². The Balaban J connectivity index is 2.22. The molecule has 1 aromatic carbocycles. The van der Waals surface area contributed by atoms with Crippen LogP contribution < -0.4 is 5.32 Å². The van der Waals surface area contributed by atoms with Gasteiger partial charge in [0.2, 0.25) is 0 Å². The van der Waals surface area contributed by atoms with E-state index in [9.17, 15) is 5.11 Å². The molecule has 0 radical (unpaired) electrons. The van der Waals surface area contributed by atoms with Gasteiger partial charge in [-0.25, -0.2) is 0 Å². The Kier molecular flexibility index (Phi) is 5.88. The molecule has 0 saturated heterocycles. The van der Waals surface area contributed by atoms with E-state index >= 15 is 0 Å². The fourth-order valence-electron chi connectivity index (χ4n) is 1.33. The first-order chi connectivity index (χ1) is 7.70. The number of thioether (sulfide) groups is 1. The van der Waals surface area contributed by atoms with Crippen molar-refractivity contribution in [3.8, 4) is 0 Å². The molecule has 0 aliphatic heterocycles. The molecule has 3 heteroatoms. The molecule has 0 aliphatic carbocycles. The quantitative estimate of drug-likeness (QED) is 0.566. The highest BCUT2D eigenvalue weighted by Crippen LogP contribution is 2.16. The van der Waals surface area contributed by atoms with Gasteiger partial charge in [-0.2, -0.15) is 0 Å². The normalized spacial score (nSPS) is 14.7. The van der Waals surface area contributed by atoms with Gasteiger partial charge >= 0.3 is 0 Å². The van der Waals surface area contributed by atoms with Crippen molar-refractivity contribution >= 4 is 11.8 Å². The first-order valence-electron chi connectivity index (χ1n) is 5.74. The van der Waals surface area contributed by atoms with Gasteiger partial charge in [0.25, 0.3) is 0 Å². The van der Waals surface area contributed by atoms with Gasteiger partial charge in [0.1, 0.15) is 0 Å². The standard InChI is InChI=1S/C13H21NOS/c1-3-13(2,11-15)14-9-10-16-12-7-5-4-6-8-12/h4-8,14-15H,3,9-11H2,1-2H3. The van der Waals surface area contributed by atoms with Crippen molar-refractivity contribution in [3.63, 3.8) is 0 Å². The van der Waals surface area contributed by atoms with Gasteiger partial charge in [-0.05, 0) is 25.5 Å². The number of aliphatic hydroxyl groups is 1. The van der Waals surface area contributed by atoms with E-state index in [4.69, 9.17) is 0 Å². The van der Waals surface area contributed by atoms with Crippen LogP contribution in [0.25, 0.3) is 0 Å². The minimum absolute atomic E-state index is 0.128. The lowest BCUT2D eigenvalue weighted by molar-refractivity contribution is 0.173. The summed E-state index contributed by atoms with van der Waals surface area (Å²) in [6.45, 7) is 5.26. The lowest BCUT2D eigenvalue weighted by atomic mass is 10.0. The molecule has 90 valence electrons. The second-order valence-corrected chi connectivity index (χ2v) is 5.33. The lowest BCUT2D eigenvalue weighted by Gasteiger charge is -2.27. The fraction of sp³-hybridized carbons (Fsp3) is 0.538. The van der Waals surface area contributed by atoms with Crippen LogP contribution in [0.1, 0.15) is 20.3 Å². The van der Waals surface area contributed by atoms with Gasteiger partial charge in [-0.1, -0.05) is 25.1 Å². The molecule has 0 heterocycles. The van der Waals surface area contributed by atoms with E-state index in [1.807, 2.05) is 17.8 Å². The summed E-state index contributed by atoms with van der Waals surface area (Å²) in [6.07, 6.45) is 0.944. The summed E-state index contributed by atoms with van der Waals surface area (Å²) >= 11 is 1.84. The van der Waals surface area contributed by atoms with Crippen molar-refractivity contribution in [2.45, 2.75) is 30.7 Å². The predicted octanol–water partition coefficient (Wildman–Crippen LogP) is 2.53. The highest BCUT2D eigenvalue weighted by atomic mass is 32.2. The van der Waals surface area contributed by atoms with Gasteiger partial charge in [0.05, 0.1) is 6.61 Å². The van der Waals surface area contributed by atoms with Crippen LogP contribution in [-0.2, 0) is 0 Å². The van der Waals surface area contributed by atoms with E-state index in [1.54, 1.807) is 0 Å². The number of aliphatic hydroxyl groups excluding tert-OH is 1. The SMILES string of the molecule is CCC(C)(CO)NCCSc1ccccc1. The summed E-state index contributed by atoms with van der Waals surface area (Å²) in [5.41, 5.74) is -0.128. The Morgan fingerprint density at radius 2 is 2.00 bits per heavy atom. The Morgan fingerprint density at radius 3 is 2.56 bits per heavy atom. The van der Waals surface area contributed by atoms with E-state index in [-0.39, 0.29) is 12.1 Å². The molecule has 0 fully saturated rings. The summed E-state index contributed by atoms with van der Waals surface area (Å²) in [7, 11) is 0. The monoisotopic (exact) mass is 239 g/mol. The third-order valence-corrected chi connectivity index (χ3v) is 3.81. The Bertz CT molecular complexity index is 285. The fourth-order valence-corrected chi connectivity index (χ4v) is 2.12. The van der Waals surface area contributed by atoms with Crippen LogP contribution in [0.15, 0.2) is 35.2 Å². The van der Waals surface area contributed by atoms with Crippen LogP contribution in [0.3, 0.4) is 0 Å². The predicted molar refractivity (Wildman–Crippen MR) is 71.0 cm³/mol. The number of rotatable bonds is 7. The average Bonchev–Trinajstić information content (AvgIpc) is 2.36. The van der Waals surface area contributed by atoms with E-state index in [0.717, 1.165) is 18.7 Å². The largest absolute Gasteiger partial charge is 0.394 e. The Morgan fingerprint density at radius 1 is 1.31 bits per heavy atom. The summed E-state index contributed by atoms with van der Waals surface area (Å²) in [4.78, 5) is 1.30. The molecule has 0 aliphatic rings. The lowest BCUT2D eigenvalue weighted by Crippen LogP contribution is -2.46. The molecule has 1 rings (SSSR count). The maximum absolute atomic E-state index is 9.23. The molecule has 0 aromatic heterocycles. The minimum Gasteiger partial charge on any atom is -0.394 e. The van der Waals surface area contributed by atoms with Crippen molar-refractivity contribution in [1.29, 1.82) is 0 Å². The molecule has 1 unspecified atom stereocenters. The van der Waals surface area contributed by atoms with Crippen molar-refractivity contribution in [2.24, 2.45) is 0 Å². The van der Waals surface area contributed by atoms with Crippen LogP contribution in [0.4, 0.5) is 0 Å². The molecule has 1 aromatic rings. The Labute approximate surface area is 102 Å². The van der Waals surface area contributed by atoms with Crippen LogP contribution in [-0.4, -0.2) is 29.5 Å². The summed E-state index contributed by atoms with van der Waals surface area (Å²) in [6, 6.07) is 10.4. The summed E-state index contributed by atoms with van der Waals surface area (Å²) in [5.74, 6) is 1.03. The van der Waals surface area contributed by atoms with E-state index < -0.39 is 0 Å². The maximum atomic E-state index is 9.23. The average molecular weight is 239 g/mol. The topological polar surface area (TPSA) is 32.3 Å². The van der Waals surface area contributed by atoms with E-state index in [2.05, 4.69) is 43.4 Å². The van der Waals surface area contributed by atoms with Crippen LogP contribution >= 0.6 is 11.8 Å². The first-order valence-corrected chi connectivity index (χ1v) is 6.72. The minimum atomic E-state index is -0.128. The molecule has 16 heavy (non-hydrogen) atoms. The molecule has 0 spiro atoms. The molecule has 0 amide bonds. The van der Waals surface area contributed by atoms with Gasteiger partial charge in [0.15, 0.2) is 0 Å². The highest BCUT2D eigenvalue weighted by molar-refractivity contribution is 7.99. The van der Waals surface area contributed by atoms with E-state index in [1.165, 1.54) is 4.90 Å². The smallest absolute Gasteiger partial charge is 0.0610 e. The second-order valence-electron chi connectivity index (χ2n) is 4.16. The van der Waals surface area contributed by atoms with Gasteiger partial charge in [-0.3, -0.25) is 0 Å². The van der Waals surface area contributed by atoms with Gasteiger partial charge in [0, 0.05) is 22.7 Å². The highest BCUT2D eigenvalue weighted by Gasteiger charge is 2.18. The zero-order chi connectivity index (χ0) is 11.9. The molecule has 2 N–H and O–H groups in total. The molecular weight excluding hydrogens is 218 g/mol. The van der Waals surface area contributed by atoms with Crippen molar-refractivity contribution in [3.05, 3.63) is 30.3 Å². The summed E-state index contributed by atoms with van der Waals surface area (Å²) in [5, 5.41) is 12.6. The van der Waals surface area contributed by atoms with E-state index in [0.29, 0.717) is 0 Å². The molecule has 0 bridgehead atoms.